The third kappa shape index (κ3) is 59.5. The summed E-state index contributed by atoms with van der Waals surface area (Å²) in [6.07, 6.45) is 90.7. The summed E-state index contributed by atoms with van der Waals surface area (Å²) in [6.45, 7) is 6.19. The molecule has 0 saturated heterocycles. The largest absolute Gasteiger partial charge is 0.462 e. The normalized spacial score (nSPS) is 13.4. The monoisotopic (exact) mass is 1030 g/mol. The number of ether oxygens (including phenoxy) is 3. The molecule has 75 heavy (non-hydrogen) atoms. The summed E-state index contributed by atoms with van der Waals surface area (Å²) in [5.41, 5.74) is 0. The molecule has 0 aliphatic rings. The number of esters is 3. The van der Waals surface area contributed by atoms with Gasteiger partial charge >= 0.3 is 17.9 Å². The number of rotatable bonds is 51. The first-order valence-electron chi connectivity index (χ1n) is 29.6. The highest BCUT2D eigenvalue weighted by atomic mass is 16.6. The second-order valence-corrected chi connectivity index (χ2v) is 18.8. The van der Waals surface area contributed by atoms with Crippen LogP contribution in [0.25, 0.3) is 0 Å². The van der Waals surface area contributed by atoms with Crippen molar-refractivity contribution < 1.29 is 28.6 Å². The van der Waals surface area contributed by atoms with Crippen molar-refractivity contribution in [2.75, 3.05) is 13.2 Å². The van der Waals surface area contributed by atoms with E-state index in [0.29, 0.717) is 12.8 Å². The van der Waals surface area contributed by atoms with Crippen molar-refractivity contribution in [1.82, 2.24) is 0 Å². The Bertz CT molecular complexity index is 1750. The zero-order valence-corrected chi connectivity index (χ0v) is 47.7. The van der Waals surface area contributed by atoms with Crippen LogP contribution in [0.1, 0.15) is 226 Å². The number of allylic oxidation sites excluding steroid dienone is 28. The molecule has 0 spiro atoms. The maximum Gasteiger partial charge on any atom is 0.306 e. The molecule has 0 saturated carbocycles. The number of hydrogen-bond acceptors (Lipinski definition) is 6. The predicted octanol–water partition coefficient (Wildman–Crippen LogP) is 20.3. The molecule has 0 radical (unpaired) electrons. The van der Waals surface area contributed by atoms with Gasteiger partial charge < -0.3 is 14.2 Å². The van der Waals surface area contributed by atoms with E-state index in [0.717, 1.165) is 154 Å². The van der Waals surface area contributed by atoms with Crippen LogP contribution in [0.3, 0.4) is 0 Å². The molecule has 0 heterocycles. The standard InChI is InChI=1S/C69H106O6/c1-4-7-10-13-16-19-22-25-27-29-31-33-34-36-37-39-41-44-47-50-53-56-59-62-68(71)74-65-66(64-73-67(70)61-58-55-52-49-46-43-24-21-18-15-12-9-6-3)75-69(72)63-60-57-54-51-48-45-42-40-38-35-32-30-28-26-23-20-17-14-11-8-5-2/h7-12,16-21,25-28,31-33,35-37,41,43-44,46,52,55,66H,4-6,13-15,22-24,29-30,34,38-40,42,45,47-51,53-54,56-65H2,1-3H3/b10-7-,11-8-,12-9-,19-16-,20-17-,21-18-,27-25-,28-26-,33-31-,35-32-,37-36-,44-41-,46-43-,55-52-. The van der Waals surface area contributed by atoms with Gasteiger partial charge in [0.15, 0.2) is 6.10 Å². The maximum atomic E-state index is 12.9. The summed E-state index contributed by atoms with van der Waals surface area (Å²) in [5, 5.41) is 0. The zero-order valence-electron chi connectivity index (χ0n) is 47.7. The van der Waals surface area contributed by atoms with Crippen molar-refractivity contribution in [2.45, 2.75) is 232 Å². The Morgan fingerprint density at radius 2 is 0.507 bits per heavy atom. The SMILES string of the molecule is CC/C=C\C/C=C\C/C=C\C/C=C\C/C=C\C/C=C\CCCCCCC(=O)OCC(COC(=O)CC/C=C\C/C=C\C/C=C\C/C=C\CC)OC(=O)CCCCCCCCCC/C=C\C/C=C\C/C=C\C/C=C\CC. The highest BCUT2D eigenvalue weighted by Gasteiger charge is 2.19. The molecule has 0 rings (SSSR count). The summed E-state index contributed by atoms with van der Waals surface area (Å²) >= 11 is 0. The van der Waals surface area contributed by atoms with Gasteiger partial charge in [0.05, 0.1) is 0 Å². The lowest BCUT2D eigenvalue weighted by Crippen LogP contribution is -2.30. The van der Waals surface area contributed by atoms with Gasteiger partial charge in [-0.3, -0.25) is 14.4 Å². The van der Waals surface area contributed by atoms with E-state index in [9.17, 15) is 14.4 Å². The van der Waals surface area contributed by atoms with E-state index in [2.05, 4.69) is 179 Å². The molecule has 1 unspecified atom stereocenters. The first-order chi connectivity index (χ1) is 37.0. The molecular weight excluding hydrogens is 925 g/mol. The molecule has 0 N–H and O–H groups in total. The van der Waals surface area contributed by atoms with E-state index < -0.39 is 6.10 Å². The third-order valence-corrected chi connectivity index (χ3v) is 11.7. The summed E-state index contributed by atoms with van der Waals surface area (Å²) in [6, 6.07) is 0. The van der Waals surface area contributed by atoms with Crippen molar-refractivity contribution in [2.24, 2.45) is 0 Å². The fourth-order valence-electron chi connectivity index (χ4n) is 7.39. The van der Waals surface area contributed by atoms with E-state index in [1.807, 2.05) is 12.2 Å². The summed E-state index contributed by atoms with van der Waals surface area (Å²) < 4.78 is 16.8. The lowest BCUT2D eigenvalue weighted by molar-refractivity contribution is -0.166. The quantitative estimate of drug-likeness (QED) is 0.0261. The number of unbranched alkanes of at least 4 members (excludes halogenated alkanes) is 12. The van der Waals surface area contributed by atoms with Crippen LogP contribution in [0, 0.1) is 0 Å². The highest BCUT2D eigenvalue weighted by molar-refractivity contribution is 5.71. The van der Waals surface area contributed by atoms with Crippen LogP contribution in [0.4, 0.5) is 0 Å². The molecule has 0 bridgehead atoms. The van der Waals surface area contributed by atoms with Crippen molar-refractivity contribution in [3.8, 4) is 0 Å². The zero-order chi connectivity index (χ0) is 54.3. The van der Waals surface area contributed by atoms with Crippen LogP contribution >= 0.6 is 0 Å². The number of carbonyl (C=O) groups excluding carboxylic acids is 3. The van der Waals surface area contributed by atoms with Gasteiger partial charge in [0, 0.05) is 19.3 Å². The first-order valence-corrected chi connectivity index (χ1v) is 29.6. The summed E-state index contributed by atoms with van der Waals surface area (Å²) in [5.74, 6) is -1.05. The van der Waals surface area contributed by atoms with Crippen LogP contribution in [-0.2, 0) is 28.6 Å². The molecule has 0 aromatic heterocycles. The Morgan fingerprint density at radius 3 is 0.827 bits per heavy atom. The van der Waals surface area contributed by atoms with Crippen LogP contribution < -0.4 is 0 Å². The van der Waals surface area contributed by atoms with Crippen molar-refractivity contribution in [3.63, 3.8) is 0 Å². The van der Waals surface area contributed by atoms with Gasteiger partial charge in [-0.25, -0.2) is 0 Å². The van der Waals surface area contributed by atoms with Crippen molar-refractivity contribution >= 4 is 17.9 Å². The molecule has 0 aliphatic heterocycles. The average molecular weight is 1030 g/mol. The van der Waals surface area contributed by atoms with Crippen LogP contribution in [0.5, 0.6) is 0 Å². The Balaban J connectivity index is 4.51. The minimum absolute atomic E-state index is 0.125. The Hall–Kier alpha value is -5.23. The topological polar surface area (TPSA) is 78.9 Å². The van der Waals surface area contributed by atoms with Gasteiger partial charge in [-0.05, 0) is 135 Å². The summed E-state index contributed by atoms with van der Waals surface area (Å²) in [4.78, 5) is 38.2. The minimum atomic E-state index is -0.833. The van der Waals surface area contributed by atoms with Crippen molar-refractivity contribution in [3.05, 3.63) is 170 Å². The molecule has 6 nitrogen and oxygen atoms in total. The highest BCUT2D eigenvalue weighted by Crippen LogP contribution is 2.13. The second-order valence-electron chi connectivity index (χ2n) is 18.8. The van der Waals surface area contributed by atoms with E-state index >= 15 is 0 Å². The van der Waals surface area contributed by atoms with Crippen LogP contribution in [0.15, 0.2) is 170 Å². The first kappa shape index (κ1) is 69.8. The molecular formula is C69H106O6. The van der Waals surface area contributed by atoms with Crippen LogP contribution in [0.2, 0.25) is 0 Å². The molecule has 0 fully saturated rings. The number of carbonyl (C=O) groups is 3. The lowest BCUT2D eigenvalue weighted by atomic mass is 10.1. The molecule has 1 atom stereocenters. The van der Waals surface area contributed by atoms with E-state index in [1.165, 1.54) is 25.7 Å². The molecule has 6 heteroatoms. The van der Waals surface area contributed by atoms with Gasteiger partial charge in [0.1, 0.15) is 13.2 Å². The third-order valence-electron chi connectivity index (χ3n) is 11.7. The molecule has 0 amide bonds. The van der Waals surface area contributed by atoms with Gasteiger partial charge in [0.2, 0.25) is 0 Å². The lowest BCUT2D eigenvalue weighted by Gasteiger charge is -2.18. The molecule has 418 valence electrons. The predicted molar refractivity (Wildman–Crippen MR) is 325 cm³/mol. The maximum absolute atomic E-state index is 12.9. The average Bonchev–Trinajstić information content (AvgIpc) is 3.41. The number of hydrogen-bond donors (Lipinski definition) is 0. The van der Waals surface area contributed by atoms with Gasteiger partial charge in [-0.2, -0.15) is 0 Å². The molecule has 0 aromatic rings. The Kier molecular flexibility index (Phi) is 57.0. The van der Waals surface area contributed by atoms with Gasteiger partial charge in [-0.15, -0.1) is 0 Å². The van der Waals surface area contributed by atoms with E-state index in [-0.39, 0.29) is 44.0 Å². The smallest absolute Gasteiger partial charge is 0.306 e. The minimum Gasteiger partial charge on any atom is -0.462 e. The second kappa shape index (κ2) is 61.3. The van der Waals surface area contributed by atoms with E-state index in [1.54, 1.807) is 0 Å². The van der Waals surface area contributed by atoms with Crippen molar-refractivity contribution in [1.29, 1.82) is 0 Å². The van der Waals surface area contributed by atoms with E-state index in [4.69, 9.17) is 14.2 Å². The van der Waals surface area contributed by atoms with Gasteiger partial charge in [-0.1, -0.05) is 242 Å². The fraction of sp³-hybridized carbons (Fsp3) is 0.551. The van der Waals surface area contributed by atoms with Crippen LogP contribution in [-0.4, -0.2) is 37.2 Å². The molecule has 0 aromatic carbocycles. The Morgan fingerprint density at radius 1 is 0.267 bits per heavy atom. The fourth-order valence-corrected chi connectivity index (χ4v) is 7.39. The Labute approximate surface area is 460 Å². The summed E-state index contributed by atoms with van der Waals surface area (Å²) in [7, 11) is 0. The molecule has 0 aliphatic carbocycles. The van der Waals surface area contributed by atoms with Gasteiger partial charge in [0.25, 0.3) is 0 Å².